The zero-order chi connectivity index (χ0) is 14.8. The van der Waals surface area contributed by atoms with Crippen LogP contribution in [0.2, 0.25) is 5.02 Å². The maximum absolute atomic E-state index is 11.3. The first kappa shape index (κ1) is 15.5. The Bertz CT molecular complexity index is 709. The molecule has 0 saturated heterocycles. The molecule has 0 heterocycles. The third-order valence-electron chi connectivity index (χ3n) is 2.85. The molecule has 0 N–H and O–H groups in total. The van der Waals surface area contributed by atoms with E-state index in [0.29, 0.717) is 0 Å². The van der Waals surface area contributed by atoms with Crippen LogP contribution in [-0.2, 0) is 22.0 Å². The summed E-state index contributed by atoms with van der Waals surface area (Å²) in [4.78, 5) is 0. The highest BCUT2D eigenvalue weighted by Gasteiger charge is 2.08. The summed E-state index contributed by atoms with van der Waals surface area (Å²) in [5, 5.41) is 0.719. The minimum atomic E-state index is -3.01. The van der Waals surface area contributed by atoms with E-state index in [1.54, 1.807) is 0 Å². The van der Waals surface area contributed by atoms with Gasteiger partial charge in [-0.1, -0.05) is 51.8 Å². The van der Waals surface area contributed by atoms with Gasteiger partial charge in [0.25, 0.3) is 0 Å². The van der Waals surface area contributed by atoms with Gasteiger partial charge in [0.05, 0.1) is 5.75 Å². The van der Waals surface area contributed by atoms with E-state index in [1.165, 1.54) is 6.26 Å². The summed E-state index contributed by atoms with van der Waals surface area (Å²) < 4.78 is 23.5. The van der Waals surface area contributed by atoms with Gasteiger partial charge in [0.2, 0.25) is 0 Å². The van der Waals surface area contributed by atoms with Crippen molar-refractivity contribution in [3.8, 4) is 0 Å². The Labute approximate surface area is 132 Å². The van der Waals surface area contributed by atoms with Crippen molar-refractivity contribution in [2.24, 2.45) is 0 Å². The van der Waals surface area contributed by atoms with Crippen LogP contribution in [0.1, 0.15) is 16.7 Å². The van der Waals surface area contributed by atoms with Crippen molar-refractivity contribution < 1.29 is 8.42 Å². The van der Waals surface area contributed by atoms with E-state index in [2.05, 4.69) is 15.9 Å². The predicted octanol–water partition coefficient (Wildman–Crippen LogP) is 4.24. The van der Waals surface area contributed by atoms with E-state index in [-0.39, 0.29) is 5.75 Å². The smallest absolute Gasteiger partial charge is 0.151 e. The molecule has 0 aliphatic carbocycles. The Morgan fingerprint density at radius 1 is 1.05 bits per heavy atom. The van der Waals surface area contributed by atoms with Crippen LogP contribution < -0.4 is 0 Å². The van der Waals surface area contributed by atoms with Gasteiger partial charge in [0, 0.05) is 15.8 Å². The monoisotopic (exact) mass is 372 g/mol. The summed E-state index contributed by atoms with van der Waals surface area (Å²) in [6, 6.07) is 13.4. The third kappa shape index (κ3) is 4.62. The molecular weight excluding hydrogens is 360 g/mol. The number of benzene rings is 2. The molecule has 2 aromatic rings. The minimum absolute atomic E-state index is 0.0623. The quantitative estimate of drug-likeness (QED) is 0.803. The van der Waals surface area contributed by atoms with Crippen molar-refractivity contribution in [3.63, 3.8) is 0 Å². The Balaban J connectivity index is 2.19. The largest absolute Gasteiger partial charge is 0.229 e. The van der Waals surface area contributed by atoms with Crippen molar-refractivity contribution in [3.05, 3.63) is 68.7 Å². The van der Waals surface area contributed by atoms with Gasteiger partial charge in [0.15, 0.2) is 9.84 Å². The Morgan fingerprint density at radius 3 is 2.20 bits per heavy atom. The number of halogens is 2. The lowest BCUT2D eigenvalue weighted by molar-refractivity contribution is 0.601. The molecule has 0 aromatic heterocycles. The molecular formula is C15H14BrClO2S. The Morgan fingerprint density at radius 2 is 1.65 bits per heavy atom. The summed E-state index contributed by atoms with van der Waals surface area (Å²) in [7, 11) is -3.01. The highest BCUT2D eigenvalue weighted by molar-refractivity contribution is 9.10. The zero-order valence-electron chi connectivity index (χ0n) is 10.9. The molecule has 0 amide bonds. The van der Waals surface area contributed by atoms with Gasteiger partial charge >= 0.3 is 0 Å². The Kier molecular flexibility index (Phi) is 4.89. The number of rotatable bonds is 4. The topological polar surface area (TPSA) is 34.1 Å². The lowest BCUT2D eigenvalue weighted by Gasteiger charge is -2.07. The number of hydrogen-bond donors (Lipinski definition) is 0. The maximum atomic E-state index is 11.3. The van der Waals surface area contributed by atoms with Crippen LogP contribution in [0.5, 0.6) is 0 Å². The fourth-order valence-electron chi connectivity index (χ4n) is 1.95. The van der Waals surface area contributed by atoms with Crippen molar-refractivity contribution in [2.75, 3.05) is 6.26 Å². The molecule has 0 saturated carbocycles. The normalized spacial score (nSPS) is 11.6. The van der Waals surface area contributed by atoms with E-state index in [4.69, 9.17) is 11.6 Å². The maximum Gasteiger partial charge on any atom is 0.151 e. The van der Waals surface area contributed by atoms with E-state index in [9.17, 15) is 8.42 Å². The van der Waals surface area contributed by atoms with Gasteiger partial charge in [0.1, 0.15) is 0 Å². The van der Waals surface area contributed by atoms with Crippen LogP contribution in [0.15, 0.2) is 46.9 Å². The summed E-state index contributed by atoms with van der Waals surface area (Å²) in [5.74, 6) is 0.0623. The molecule has 0 aliphatic rings. The fourth-order valence-corrected chi connectivity index (χ4v) is 3.43. The molecule has 2 nitrogen and oxygen atoms in total. The number of hydrogen-bond acceptors (Lipinski definition) is 2. The van der Waals surface area contributed by atoms with Crippen LogP contribution in [0, 0.1) is 0 Å². The standard InChI is InChI=1S/C15H14BrClO2S/c1-20(18,19)10-12-2-5-13(15(16)9-12)8-11-3-6-14(17)7-4-11/h2-7,9H,8,10H2,1H3. The van der Waals surface area contributed by atoms with Gasteiger partial charge in [-0.2, -0.15) is 0 Å². The summed E-state index contributed by atoms with van der Waals surface area (Å²) in [5.41, 5.74) is 3.06. The van der Waals surface area contributed by atoms with Crippen LogP contribution in [-0.4, -0.2) is 14.7 Å². The van der Waals surface area contributed by atoms with E-state index in [0.717, 1.165) is 32.6 Å². The molecule has 0 aliphatic heterocycles. The molecule has 20 heavy (non-hydrogen) atoms. The molecule has 2 rings (SSSR count). The second-order valence-corrected chi connectivity index (χ2v) is 8.23. The molecule has 0 bridgehead atoms. The highest BCUT2D eigenvalue weighted by Crippen LogP contribution is 2.23. The van der Waals surface area contributed by atoms with Gasteiger partial charge in [-0.25, -0.2) is 8.42 Å². The van der Waals surface area contributed by atoms with Crippen molar-refractivity contribution in [2.45, 2.75) is 12.2 Å². The predicted molar refractivity (Wildman–Crippen MR) is 86.9 cm³/mol. The lowest BCUT2D eigenvalue weighted by atomic mass is 10.0. The molecule has 106 valence electrons. The van der Waals surface area contributed by atoms with Gasteiger partial charge < -0.3 is 0 Å². The van der Waals surface area contributed by atoms with Gasteiger partial charge in [-0.05, 0) is 41.3 Å². The molecule has 0 fully saturated rings. The van der Waals surface area contributed by atoms with Gasteiger partial charge in [-0.3, -0.25) is 0 Å². The summed E-state index contributed by atoms with van der Waals surface area (Å²) in [6.45, 7) is 0. The van der Waals surface area contributed by atoms with E-state index >= 15 is 0 Å². The Hall–Kier alpha value is -0.840. The first-order valence-electron chi connectivity index (χ1n) is 6.03. The molecule has 2 aromatic carbocycles. The van der Waals surface area contributed by atoms with E-state index < -0.39 is 9.84 Å². The second kappa shape index (κ2) is 6.29. The first-order valence-corrected chi connectivity index (χ1v) is 9.26. The average Bonchev–Trinajstić information content (AvgIpc) is 2.33. The highest BCUT2D eigenvalue weighted by atomic mass is 79.9. The SMILES string of the molecule is CS(=O)(=O)Cc1ccc(Cc2ccc(Cl)cc2)c(Br)c1. The third-order valence-corrected chi connectivity index (χ3v) is 4.70. The van der Waals surface area contributed by atoms with Crippen LogP contribution in [0.4, 0.5) is 0 Å². The zero-order valence-corrected chi connectivity index (χ0v) is 14.1. The van der Waals surface area contributed by atoms with Crippen molar-refractivity contribution >= 4 is 37.4 Å². The van der Waals surface area contributed by atoms with Crippen molar-refractivity contribution in [1.29, 1.82) is 0 Å². The van der Waals surface area contributed by atoms with Crippen LogP contribution in [0.3, 0.4) is 0 Å². The second-order valence-electron chi connectivity index (χ2n) is 4.80. The first-order chi connectivity index (χ1) is 9.33. The number of sulfone groups is 1. The van der Waals surface area contributed by atoms with Crippen LogP contribution in [0.25, 0.3) is 0 Å². The molecule has 0 radical (unpaired) electrons. The minimum Gasteiger partial charge on any atom is -0.229 e. The van der Waals surface area contributed by atoms with Gasteiger partial charge in [-0.15, -0.1) is 0 Å². The molecule has 0 atom stereocenters. The van der Waals surface area contributed by atoms with Crippen molar-refractivity contribution in [1.82, 2.24) is 0 Å². The molecule has 0 spiro atoms. The fraction of sp³-hybridized carbons (Fsp3) is 0.200. The summed E-state index contributed by atoms with van der Waals surface area (Å²) in [6.07, 6.45) is 2.01. The summed E-state index contributed by atoms with van der Waals surface area (Å²) >= 11 is 9.37. The molecule has 0 unspecified atom stereocenters. The van der Waals surface area contributed by atoms with E-state index in [1.807, 2.05) is 42.5 Å². The lowest BCUT2D eigenvalue weighted by Crippen LogP contribution is -2.01. The van der Waals surface area contributed by atoms with Crippen LogP contribution >= 0.6 is 27.5 Å². The molecule has 5 heteroatoms. The average molecular weight is 374 g/mol.